The topological polar surface area (TPSA) is 58.6 Å². The van der Waals surface area contributed by atoms with Crippen molar-refractivity contribution in [2.24, 2.45) is 0 Å². The summed E-state index contributed by atoms with van der Waals surface area (Å²) in [4.78, 5) is 25.4. The average Bonchev–Trinajstić information content (AvgIpc) is 2.55. The van der Waals surface area contributed by atoms with Crippen LogP contribution in [-0.4, -0.2) is 37.3 Å². The van der Waals surface area contributed by atoms with Crippen molar-refractivity contribution >= 4 is 33.3 Å². The molecule has 0 heterocycles. The quantitative estimate of drug-likeness (QED) is 0.714. The number of halogens is 1. The van der Waals surface area contributed by atoms with Gasteiger partial charge < -0.3 is 10.1 Å². The molecule has 1 N–H and O–H groups in total. The molecule has 0 radical (unpaired) electrons. The van der Waals surface area contributed by atoms with E-state index in [1.165, 1.54) is 6.92 Å². The Bertz CT molecular complexity index is 760. The van der Waals surface area contributed by atoms with Crippen LogP contribution in [0.25, 0.3) is 0 Å². The van der Waals surface area contributed by atoms with Gasteiger partial charge in [-0.15, -0.1) is 0 Å². The normalized spacial score (nSPS) is 10.6. The smallest absolute Gasteiger partial charge is 0.238 e. The molecular formula is C19H21BrN2O3. The summed E-state index contributed by atoms with van der Waals surface area (Å²) in [5.74, 6) is 0.669. The molecule has 0 spiro atoms. The lowest BCUT2D eigenvalue weighted by molar-refractivity contribution is -0.117. The first-order valence-corrected chi connectivity index (χ1v) is 8.60. The Morgan fingerprint density at radius 3 is 2.44 bits per heavy atom. The van der Waals surface area contributed by atoms with Crippen LogP contribution in [-0.2, 0) is 11.3 Å². The number of Topliss-reactive ketones (excluding diaryl/α,β-unsaturated/α-hetero) is 1. The van der Waals surface area contributed by atoms with Gasteiger partial charge in [0.1, 0.15) is 5.75 Å². The highest BCUT2D eigenvalue weighted by Crippen LogP contribution is 2.24. The van der Waals surface area contributed by atoms with Crippen LogP contribution in [0.2, 0.25) is 0 Å². The number of likely N-dealkylation sites (N-methyl/N-ethyl adjacent to an activating group) is 1. The van der Waals surface area contributed by atoms with Gasteiger partial charge in [0.15, 0.2) is 5.78 Å². The summed E-state index contributed by atoms with van der Waals surface area (Å²) in [6.07, 6.45) is 0. The lowest BCUT2D eigenvalue weighted by atomic mass is 10.1. The Balaban J connectivity index is 1.94. The summed E-state index contributed by atoms with van der Waals surface area (Å²) >= 11 is 3.45. The van der Waals surface area contributed by atoms with Crippen molar-refractivity contribution in [3.05, 3.63) is 58.1 Å². The second-order valence-corrected chi connectivity index (χ2v) is 6.73. The molecule has 0 fully saturated rings. The molecule has 0 atom stereocenters. The number of carbonyl (C=O) groups is 2. The summed E-state index contributed by atoms with van der Waals surface area (Å²) in [5, 5.41) is 2.83. The minimum absolute atomic E-state index is 0.000536. The molecule has 0 aliphatic heterocycles. The maximum Gasteiger partial charge on any atom is 0.238 e. The van der Waals surface area contributed by atoms with E-state index in [2.05, 4.69) is 21.2 Å². The summed E-state index contributed by atoms with van der Waals surface area (Å²) < 4.78 is 6.32. The Hall–Kier alpha value is -2.18. The van der Waals surface area contributed by atoms with Crippen LogP contribution in [0.15, 0.2) is 46.9 Å². The van der Waals surface area contributed by atoms with Crippen molar-refractivity contribution < 1.29 is 14.3 Å². The molecule has 0 aliphatic carbocycles. The van der Waals surface area contributed by atoms with Crippen LogP contribution in [0.1, 0.15) is 22.8 Å². The third-order valence-corrected chi connectivity index (χ3v) is 4.16. The largest absolute Gasteiger partial charge is 0.496 e. The standard InChI is InChI=1S/C19H21BrN2O3/c1-13(23)14-4-7-17(8-5-14)21-19(24)12-22(2)11-15-10-16(20)6-9-18(15)25-3/h4-10H,11-12H2,1-3H3,(H,21,24). The van der Waals surface area contributed by atoms with E-state index in [4.69, 9.17) is 4.74 Å². The number of benzene rings is 2. The van der Waals surface area contributed by atoms with E-state index in [1.54, 1.807) is 31.4 Å². The zero-order valence-corrected chi connectivity index (χ0v) is 16.1. The number of ether oxygens (including phenoxy) is 1. The van der Waals surface area contributed by atoms with E-state index in [0.717, 1.165) is 15.8 Å². The van der Waals surface area contributed by atoms with Crippen molar-refractivity contribution in [1.29, 1.82) is 0 Å². The first kappa shape index (κ1) is 19.1. The van der Waals surface area contributed by atoms with Crippen molar-refractivity contribution in [1.82, 2.24) is 4.90 Å². The first-order valence-electron chi connectivity index (χ1n) is 7.81. The molecule has 0 aromatic heterocycles. The third kappa shape index (κ3) is 5.69. The number of nitrogens with zero attached hydrogens (tertiary/aromatic N) is 1. The number of amides is 1. The van der Waals surface area contributed by atoms with Gasteiger partial charge in [-0.2, -0.15) is 0 Å². The minimum atomic E-state index is -0.118. The predicted molar refractivity (Wildman–Crippen MR) is 102 cm³/mol. The number of nitrogens with one attached hydrogen (secondary N) is 1. The number of hydrogen-bond acceptors (Lipinski definition) is 4. The molecule has 1 amide bonds. The number of anilines is 1. The van der Waals surface area contributed by atoms with Crippen LogP contribution in [0.4, 0.5) is 5.69 Å². The van der Waals surface area contributed by atoms with Crippen LogP contribution < -0.4 is 10.1 Å². The van der Waals surface area contributed by atoms with Crippen molar-refractivity contribution in [3.8, 4) is 5.75 Å². The Morgan fingerprint density at radius 1 is 1.16 bits per heavy atom. The molecule has 2 aromatic rings. The summed E-state index contributed by atoms with van der Waals surface area (Å²) in [5.41, 5.74) is 2.29. The number of ketones is 1. The maximum atomic E-state index is 12.2. The molecule has 0 bridgehead atoms. The summed E-state index contributed by atoms with van der Waals surface area (Å²) in [6.45, 7) is 2.34. The summed E-state index contributed by atoms with van der Waals surface area (Å²) in [6, 6.07) is 12.7. The van der Waals surface area contributed by atoms with E-state index in [1.807, 2.05) is 30.1 Å². The molecule has 0 saturated carbocycles. The molecule has 2 rings (SSSR count). The monoisotopic (exact) mass is 404 g/mol. The lowest BCUT2D eigenvalue weighted by Crippen LogP contribution is -2.30. The minimum Gasteiger partial charge on any atom is -0.496 e. The molecule has 132 valence electrons. The second kappa shape index (κ2) is 8.78. The third-order valence-electron chi connectivity index (χ3n) is 3.67. The molecule has 5 nitrogen and oxygen atoms in total. The van der Waals surface area contributed by atoms with Crippen LogP contribution in [0.3, 0.4) is 0 Å². The number of rotatable bonds is 7. The predicted octanol–water partition coefficient (Wildman–Crippen LogP) is 3.73. The molecule has 2 aromatic carbocycles. The highest BCUT2D eigenvalue weighted by molar-refractivity contribution is 9.10. The van der Waals surface area contributed by atoms with Gasteiger partial charge in [0.2, 0.25) is 5.91 Å². The fourth-order valence-electron chi connectivity index (χ4n) is 2.45. The van der Waals surface area contributed by atoms with Gasteiger partial charge in [-0.05, 0) is 56.4 Å². The number of carbonyl (C=O) groups excluding carboxylic acids is 2. The fourth-order valence-corrected chi connectivity index (χ4v) is 2.86. The average molecular weight is 405 g/mol. The van der Waals surface area contributed by atoms with E-state index >= 15 is 0 Å². The molecule has 0 saturated heterocycles. The number of hydrogen-bond donors (Lipinski definition) is 1. The fraction of sp³-hybridized carbons (Fsp3) is 0.263. The van der Waals surface area contributed by atoms with E-state index < -0.39 is 0 Å². The Labute approximate surface area is 156 Å². The zero-order chi connectivity index (χ0) is 18.4. The van der Waals surface area contributed by atoms with Gasteiger partial charge in [-0.25, -0.2) is 0 Å². The van der Waals surface area contributed by atoms with E-state index in [0.29, 0.717) is 17.8 Å². The molecule has 0 unspecified atom stereocenters. The van der Waals surface area contributed by atoms with E-state index in [-0.39, 0.29) is 18.2 Å². The van der Waals surface area contributed by atoms with Crippen LogP contribution in [0, 0.1) is 0 Å². The van der Waals surface area contributed by atoms with E-state index in [9.17, 15) is 9.59 Å². The SMILES string of the molecule is COc1ccc(Br)cc1CN(C)CC(=O)Nc1ccc(C(C)=O)cc1. The lowest BCUT2D eigenvalue weighted by Gasteiger charge is -2.18. The van der Waals surface area contributed by atoms with Gasteiger partial charge in [-0.1, -0.05) is 15.9 Å². The van der Waals surface area contributed by atoms with Crippen molar-refractivity contribution in [3.63, 3.8) is 0 Å². The molecule has 25 heavy (non-hydrogen) atoms. The number of methoxy groups -OCH3 is 1. The molecule has 0 aliphatic rings. The summed E-state index contributed by atoms with van der Waals surface area (Å²) in [7, 11) is 3.50. The van der Waals surface area contributed by atoms with Crippen molar-refractivity contribution in [2.75, 3.05) is 26.0 Å². The Kier molecular flexibility index (Phi) is 6.73. The highest BCUT2D eigenvalue weighted by Gasteiger charge is 2.11. The Morgan fingerprint density at radius 2 is 1.84 bits per heavy atom. The van der Waals surface area contributed by atoms with Gasteiger partial charge in [0.25, 0.3) is 0 Å². The molecular weight excluding hydrogens is 384 g/mol. The van der Waals surface area contributed by atoms with Crippen molar-refractivity contribution in [2.45, 2.75) is 13.5 Å². The second-order valence-electron chi connectivity index (χ2n) is 5.81. The highest BCUT2D eigenvalue weighted by atomic mass is 79.9. The maximum absolute atomic E-state index is 12.2. The van der Waals surface area contributed by atoms with Gasteiger partial charge in [-0.3, -0.25) is 14.5 Å². The van der Waals surface area contributed by atoms with Gasteiger partial charge in [0.05, 0.1) is 13.7 Å². The van der Waals surface area contributed by atoms with Crippen LogP contribution >= 0.6 is 15.9 Å². The zero-order valence-electron chi connectivity index (χ0n) is 14.5. The first-order chi connectivity index (χ1) is 11.9. The van der Waals surface area contributed by atoms with Gasteiger partial charge in [0, 0.05) is 27.8 Å². The van der Waals surface area contributed by atoms with Gasteiger partial charge >= 0.3 is 0 Å². The van der Waals surface area contributed by atoms with Crippen LogP contribution in [0.5, 0.6) is 5.75 Å². The molecule has 6 heteroatoms.